The van der Waals surface area contributed by atoms with E-state index in [4.69, 9.17) is 27.5 Å². The van der Waals surface area contributed by atoms with Gasteiger partial charge in [-0.1, -0.05) is 17.7 Å². The van der Waals surface area contributed by atoms with Crippen molar-refractivity contribution >= 4 is 17.4 Å². The van der Waals surface area contributed by atoms with Gasteiger partial charge in [0.1, 0.15) is 5.82 Å². The van der Waals surface area contributed by atoms with Crippen molar-refractivity contribution in [2.45, 2.75) is 13.0 Å². The van der Waals surface area contributed by atoms with E-state index < -0.39 is 0 Å². The zero-order valence-electron chi connectivity index (χ0n) is 11.0. The Bertz CT molecular complexity index is 428. The molecule has 0 aliphatic carbocycles. The lowest BCUT2D eigenvalue weighted by Gasteiger charge is -2.22. The van der Waals surface area contributed by atoms with Gasteiger partial charge in [0.25, 0.3) is 0 Å². The number of methoxy groups -OCH3 is 1. The molecule has 0 spiro atoms. The van der Waals surface area contributed by atoms with Gasteiger partial charge in [-0.05, 0) is 12.1 Å². The van der Waals surface area contributed by atoms with Crippen molar-refractivity contribution in [3.05, 3.63) is 34.6 Å². The second kappa shape index (κ2) is 8.09. The third-order valence-corrected chi connectivity index (χ3v) is 2.95. The summed E-state index contributed by atoms with van der Waals surface area (Å²) >= 11 is 5.72. The number of nitrogens with one attached hydrogen (secondary N) is 1. The molecule has 0 bridgehead atoms. The first-order chi connectivity index (χ1) is 9.02. The van der Waals surface area contributed by atoms with Crippen molar-refractivity contribution < 1.29 is 9.13 Å². The number of amidine groups is 1. The van der Waals surface area contributed by atoms with Crippen LogP contribution in [-0.2, 0) is 11.3 Å². The van der Waals surface area contributed by atoms with Crippen LogP contribution in [0.4, 0.5) is 4.39 Å². The van der Waals surface area contributed by atoms with Gasteiger partial charge in [-0.3, -0.25) is 10.3 Å². The Morgan fingerprint density at radius 2 is 2.21 bits per heavy atom. The van der Waals surface area contributed by atoms with Crippen molar-refractivity contribution in [3.63, 3.8) is 0 Å². The van der Waals surface area contributed by atoms with E-state index in [1.807, 2.05) is 4.90 Å². The number of nitrogens with two attached hydrogens (primary N) is 1. The van der Waals surface area contributed by atoms with Gasteiger partial charge in [0.05, 0.1) is 12.4 Å². The molecule has 0 saturated carbocycles. The minimum atomic E-state index is -0.322. The van der Waals surface area contributed by atoms with Crippen molar-refractivity contribution in [2.24, 2.45) is 5.73 Å². The molecule has 0 aliphatic rings. The monoisotopic (exact) mass is 287 g/mol. The average molecular weight is 288 g/mol. The lowest BCUT2D eigenvalue weighted by atomic mass is 10.2. The molecule has 0 fully saturated rings. The van der Waals surface area contributed by atoms with E-state index in [-0.39, 0.29) is 11.7 Å². The molecule has 1 rings (SSSR count). The Morgan fingerprint density at radius 1 is 1.47 bits per heavy atom. The molecule has 0 heterocycles. The van der Waals surface area contributed by atoms with E-state index in [1.165, 1.54) is 6.07 Å². The Morgan fingerprint density at radius 3 is 2.79 bits per heavy atom. The number of hydrogen-bond acceptors (Lipinski definition) is 3. The Hall–Kier alpha value is -1.17. The summed E-state index contributed by atoms with van der Waals surface area (Å²) in [6.07, 6.45) is 0.457. The molecule has 4 nitrogen and oxygen atoms in total. The molecule has 0 saturated heterocycles. The summed E-state index contributed by atoms with van der Waals surface area (Å²) in [5, 5.41) is 7.63. The first-order valence-electron chi connectivity index (χ1n) is 6.01. The summed E-state index contributed by atoms with van der Waals surface area (Å²) < 4.78 is 18.7. The lowest BCUT2D eigenvalue weighted by molar-refractivity contribution is 0.145. The molecule has 19 heavy (non-hydrogen) atoms. The van der Waals surface area contributed by atoms with E-state index in [9.17, 15) is 4.39 Å². The van der Waals surface area contributed by atoms with E-state index >= 15 is 0 Å². The molecule has 0 aromatic heterocycles. The highest BCUT2D eigenvalue weighted by atomic mass is 35.5. The Kier molecular flexibility index (Phi) is 6.77. The second-order valence-electron chi connectivity index (χ2n) is 4.28. The first kappa shape index (κ1) is 15.9. The molecule has 0 radical (unpaired) electrons. The number of ether oxygens (including phenoxy) is 1. The fraction of sp³-hybridized carbons (Fsp3) is 0.462. The Labute approximate surface area is 117 Å². The largest absolute Gasteiger partial charge is 0.388 e. The zero-order chi connectivity index (χ0) is 14.3. The van der Waals surface area contributed by atoms with Gasteiger partial charge >= 0.3 is 0 Å². The molecule has 0 unspecified atom stereocenters. The molecule has 6 heteroatoms. The minimum absolute atomic E-state index is 0.124. The number of rotatable bonds is 8. The van der Waals surface area contributed by atoms with Crippen molar-refractivity contribution in [1.82, 2.24) is 4.90 Å². The number of benzene rings is 1. The van der Waals surface area contributed by atoms with Crippen LogP contribution in [0.3, 0.4) is 0 Å². The number of halogens is 2. The SMILES string of the molecule is COCCN(CCC(=N)N)Cc1ccc(Cl)cc1F. The van der Waals surface area contributed by atoms with E-state index in [1.54, 1.807) is 19.2 Å². The molecule has 3 N–H and O–H groups in total. The van der Waals surface area contributed by atoms with E-state index in [0.29, 0.717) is 43.2 Å². The highest BCUT2D eigenvalue weighted by Gasteiger charge is 2.10. The highest BCUT2D eigenvalue weighted by Crippen LogP contribution is 2.16. The fourth-order valence-electron chi connectivity index (χ4n) is 1.66. The van der Waals surface area contributed by atoms with E-state index in [2.05, 4.69) is 0 Å². The maximum Gasteiger partial charge on any atom is 0.129 e. The van der Waals surface area contributed by atoms with Gasteiger partial charge < -0.3 is 10.5 Å². The molecule has 0 amide bonds. The third-order valence-electron chi connectivity index (χ3n) is 2.72. The molecule has 0 atom stereocenters. The number of nitrogens with zero attached hydrogens (tertiary/aromatic N) is 1. The maximum absolute atomic E-state index is 13.7. The van der Waals surface area contributed by atoms with Gasteiger partial charge in [0.15, 0.2) is 0 Å². The highest BCUT2D eigenvalue weighted by molar-refractivity contribution is 6.30. The van der Waals surface area contributed by atoms with Crippen LogP contribution in [0, 0.1) is 11.2 Å². The normalized spacial score (nSPS) is 10.9. The van der Waals surface area contributed by atoms with Gasteiger partial charge in [0, 0.05) is 43.8 Å². The van der Waals surface area contributed by atoms with Crippen LogP contribution in [0.25, 0.3) is 0 Å². The smallest absolute Gasteiger partial charge is 0.129 e. The van der Waals surface area contributed by atoms with Gasteiger partial charge in [-0.15, -0.1) is 0 Å². The van der Waals surface area contributed by atoms with Crippen LogP contribution in [0.5, 0.6) is 0 Å². The van der Waals surface area contributed by atoms with Crippen LogP contribution >= 0.6 is 11.6 Å². The van der Waals surface area contributed by atoms with Gasteiger partial charge in [0.2, 0.25) is 0 Å². The maximum atomic E-state index is 13.7. The predicted molar refractivity (Wildman–Crippen MR) is 75.1 cm³/mol. The fourth-order valence-corrected chi connectivity index (χ4v) is 1.82. The number of hydrogen-bond donors (Lipinski definition) is 2. The van der Waals surface area contributed by atoms with Crippen LogP contribution in [0.1, 0.15) is 12.0 Å². The summed E-state index contributed by atoms with van der Waals surface area (Å²) in [6, 6.07) is 4.64. The standard InChI is InChI=1S/C13H19ClFN3O/c1-19-7-6-18(5-4-13(16)17)9-10-2-3-11(14)8-12(10)15/h2-3,8H,4-7,9H2,1H3,(H3,16,17). The minimum Gasteiger partial charge on any atom is -0.388 e. The van der Waals surface area contributed by atoms with Crippen molar-refractivity contribution in [3.8, 4) is 0 Å². The molecule has 0 aliphatic heterocycles. The summed E-state index contributed by atoms with van der Waals surface area (Å²) in [4.78, 5) is 2.00. The quantitative estimate of drug-likeness (QED) is 0.569. The van der Waals surface area contributed by atoms with Crippen molar-refractivity contribution in [1.29, 1.82) is 5.41 Å². The van der Waals surface area contributed by atoms with Gasteiger partial charge in [-0.25, -0.2) is 4.39 Å². The Balaban J connectivity index is 2.66. The third kappa shape index (κ3) is 6.00. The average Bonchev–Trinajstić information content (AvgIpc) is 2.35. The summed E-state index contributed by atoms with van der Waals surface area (Å²) in [5.74, 6) is -0.197. The lowest BCUT2D eigenvalue weighted by Crippen LogP contribution is -2.30. The first-order valence-corrected chi connectivity index (χ1v) is 6.39. The molecule has 1 aromatic rings. The van der Waals surface area contributed by atoms with Crippen LogP contribution in [0.2, 0.25) is 5.02 Å². The molecule has 1 aromatic carbocycles. The molecular formula is C13H19ClFN3O. The van der Waals surface area contributed by atoms with Crippen molar-refractivity contribution in [2.75, 3.05) is 26.8 Å². The van der Waals surface area contributed by atoms with Crippen LogP contribution in [-0.4, -0.2) is 37.5 Å². The topological polar surface area (TPSA) is 62.3 Å². The van der Waals surface area contributed by atoms with E-state index in [0.717, 1.165) is 0 Å². The molecule has 106 valence electrons. The zero-order valence-corrected chi connectivity index (χ0v) is 11.7. The second-order valence-corrected chi connectivity index (χ2v) is 4.72. The predicted octanol–water partition coefficient (Wildman–Crippen LogP) is 2.25. The van der Waals surface area contributed by atoms with Gasteiger partial charge in [-0.2, -0.15) is 0 Å². The van der Waals surface area contributed by atoms with Crippen LogP contribution < -0.4 is 5.73 Å². The summed E-state index contributed by atoms with van der Waals surface area (Å²) in [6.45, 7) is 2.25. The van der Waals surface area contributed by atoms with Crippen LogP contribution in [0.15, 0.2) is 18.2 Å². The summed E-state index contributed by atoms with van der Waals surface area (Å²) in [5.41, 5.74) is 5.92. The summed E-state index contributed by atoms with van der Waals surface area (Å²) in [7, 11) is 1.62. The molecular weight excluding hydrogens is 269 g/mol.